The van der Waals surface area contributed by atoms with Crippen molar-refractivity contribution in [2.24, 2.45) is 17.8 Å². The first-order valence-electron chi connectivity index (χ1n) is 27.8. The summed E-state index contributed by atoms with van der Waals surface area (Å²) in [7, 11) is -6.14. The van der Waals surface area contributed by atoms with Crippen LogP contribution in [-0.4, -0.2) is 272 Å². The molecule has 0 aromatic heterocycles. The predicted molar refractivity (Wildman–Crippen MR) is 298 cm³/mol. The molecule has 1 aromatic rings. The van der Waals surface area contributed by atoms with Crippen LogP contribution in [0.2, 0.25) is 0 Å². The predicted octanol–water partition coefficient (Wildman–Crippen LogP) is -0.650. The van der Waals surface area contributed by atoms with Crippen molar-refractivity contribution < 1.29 is 117 Å². The number of hydrogen-bond donors (Lipinski definition) is 3. The summed E-state index contributed by atoms with van der Waals surface area (Å²) in [5.41, 5.74) is 0.655. The van der Waals surface area contributed by atoms with Gasteiger partial charge in [-0.15, -0.1) is 0 Å². The first kappa shape index (κ1) is 65.2. The van der Waals surface area contributed by atoms with Crippen LogP contribution in [0.15, 0.2) is 30.3 Å². The normalized spacial score (nSPS) is 43.5. The zero-order chi connectivity index (χ0) is 61.9. The van der Waals surface area contributed by atoms with Gasteiger partial charge in [-0.2, -0.15) is 8.42 Å². The molecule has 36 heteroatoms. The van der Waals surface area contributed by atoms with E-state index >= 15 is 0 Å². The van der Waals surface area contributed by atoms with Crippen LogP contribution < -0.4 is 0 Å². The molecule has 4 amide bonds. The lowest BCUT2D eigenvalue weighted by molar-refractivity contribution is -0.0536. The van der Waals surface area contributed by atoms with Crippen LogP contribution in [0.5, 0.6) is 0 Å². The lowest BCUT2D eigenvalue weighted by atomic mass is 9.87. The summed E-state index contributed by atoms with van der Waals surface area (Å²) in [6.07, 6.45) is -8.87. The van der Waals surface area contributed by atoms with Gasteiger partial charge in [-0.1, -0.05) is 37.3 Å². The monoisotopic (exact) mass is 1320 g/mol. The first-order chi connectivity index (χ1) is 40.5. The van der Waals surface area contributed by atoms with Crippen molar-refractivity contribution >= 4 is 90.1 Å². The Hall–Kier alpha value is -3.80. The fourth-order valence-electron chi connectivity index (χ4n) is 12.4. The van der Waals surface area contributed by atoms with Gasteiger partial charge in [0.2, 0.25) is 0 Å². The quantitative estimate of drug-likeness (QED) is 0.249. The van der Waals surface area contributed by atoms with Crippen molar-refractivity contribution in [3.63, 3.8) is 0 Å². The number of alkyl halides is 1. The SMILES string of the molecule is C=S1(=O)O[C@@H]2[C@H](O1)[C@@H](O)CN1C(=O)OC[C@H]21.C=S1(=O)O[C@H]2[C@H](O1)[C@@H](O)CN1C(=O)OC[C@H]21.CC(F)[C@H]1CN(Cc2ccccc2)C[C@H]2OS(=O)O[C@H]12.CC[C@H]1CN(C(=O)OC(C)(C)C)C[C@H]2OS(=O)O[C@H]12.O=C1OC[C@@H]2[C@@H]3CS(=O)O[C@@H]3[C@@H](O)CN12. The van der Waals surface area contributed by atoms with Crippen LogP contribution >= 0.6 is 0 Å². The van der Waals surface area contributed by atoms with Gasteiger partial charge in [0, 0.05) is 55.7 Å². The fourth-order valence-corrected chi connectivity index (χ4v) is 17.8. The minimum Gasteiger partial charge on any atom is -0.447 e. The van der Waals surface area contributed by atoms with Crippen LogP contribution in [-0.2, 0) is 117 Å². The number of amides is 4. The van der Waals surface area contributed by atoms with E-state index in [1.807, 2.05) is 58.0 Å². The summed E-state index contributed by atoms with van der Waals surface area (Å²) in [6.45, 7) is 12.9. The van der Waals surface area contributed by atoms with Crippen molar-refractivity contribution in [2.45, 2.75) is 151 Å². The maximum atomic E-state index is 13.8. The van der Waals surface area contributed by atoms with E-state index in [4.69, 9.17) is 56.6 Å². The summed E-state index contributed by atoms with van der Waals surface area (Å²) in [5.74, 6) is 6.71. The Morgan fingerprint density at radius 3 is 1.65 bits per heavy atom. The number of piperidine rings is 5. The molecule has 13 saturated heterocycles. The molecule has 0 saturated carbocycles. The minimum atomic E-state index is -3.07. The van der Waals surface area contributed by atoms with Gasteiger partial charge in [-0.05, 0) is 39.7 Å². The molecule has 6 unspecified atom stereocenters. The Balaban J connectivity index is 0.000000120. The van der Waals surface area contributed by atoms with Crippen LogP contribution in [0, 0.1) is 17.8 Å². The lowest BCUT2D eigenvalue weighted by Crippen LogP contribution is -2.59. The van der Waals surface area contributed by atoms with Gasteiger partial charge in [0.05, 0.1) is 56.2 Å². The highest BCUT2D eigenvalue weighted by molar-refractivity contribution is 7.92. The number of aliphatic hydroxyl groups excluding tert-OH is 3. The highest BCUT2D eigenvalue weighted by atomic mass is 32.2. The molecule has 13 fully saturated rings. The van der Waals surface area contributed by atoms with E-state index in [1.54, 1.807) is 4.90 Å². The highest BCUT2D eigenvalue weighted by Crippen LogP contribution is 2.39. The van der Waals surface area contributed by atoms with Crippen molar-refractivity contribution in [2.75, 3.05) is 71.4 Å². The van der Waals surface area contributed by atoms with Crippen LogP contribution in [0.3, 0.4) is 0 Å². The van der Waals surface area contributed by atoms with E-state index in [9.17, 15) is 59.9 Å². The molecule has 0 bridgehead atoms. The average Bonchev–Trinajstić information content (AvgIpc) is 2.04. The molecule has 13 aliphatic heterocycles. The van der Waals surface area contributed by atoms with Crippen molar-refractivity contribution in [1.82, 2.24) is 24.5 Å². The largest absolute Gasteiger partial charge is 0.447 e. The van der Waals surface area contributed by atoms with Gasteiger partial charge < -0.3 is 39.2 Å². The average molecular weight is 1320 g/mol. The topological polar surface area (TPSA) is 351 Å². The Labute approximate surface area is 504 Å². The number of rotatable bonds is 4. The number of carbonyl (C=O) groups excluding carboxylic acids is 4. The van der Waals surface area contributed by atoms with E-state index in [1.165, 1.54) is 27.2 Å². The second-order valence-electron chi connectivity index (χ2n) is 23.5. The number of ether oxygens (including phenoxy) is 4. The Kier molecular flexibility index (Phi) is 19.8. The summed E-state index contributed by atoms with van der Waals surface area (Å²) in [5, 5.41) is 29.3. The van der Waals surface area contributed by atoms with E-state index in [-0.39, 0.29) is 93.1 Å². The van der Waals surface area contributed by atoms with E-state index in [0.717, 1.165) is 13.0 Å². The summed E-state index contributed by atoms with van der Waals surface area (Å²) in [4.78, 5) is 54.0. The number of nitrogens with zero attached hydrogens (tertiary/aromatic N) is 5. The molecule has 1 aromatic carbocycles. The van der Waals surface area contributed by atoms with E-state index in [0.29, 0.717) is 38.5 Å². The van der Waals surface area contributed by atoms with E-state index < -0.39 is 139 Å². The molecule has 30 nitrogen and oxygen atoms in total. The zero-order valence-corrected chi connectivity index (χ0v) is 51.5. The maximum absolute atomic E-state index is 13.8. The summed E-state index contributed by atoms with van der Waals surface area (Å²) < 4.78 is 137. The smallest absolute Gasteiger partial charge is 0.410 e. The molecule has 24 atom stereocenters. The number of carbonyl (C=O) groups is 4. The number of hydrogen-bond acceptors (Lipinski definition) is 26. The fraction of sp³-hybridized carbons (Fsp3) is 0.760. The number of aliphatic hydroxyl groups is 3. The molecule has 14 rings (SSSR count). The van der Waals surface area contributed by atoms with Crippen molar-refractivity contribution in [1.29, 1.82) is 0 Å². The van der Waals surface area contributed by atoms with Gasteiger partial charge in [0.25, 0.3) is 0 Å². The molecule has 13 heterocycles. The molecule has 86 heavy (non-hydrogen) atoms. The second-order valence-corrected chi connectivity index (χ2v) is 29.2. The Morgan fingerprint density at radius 1 is 0.663 bits per heavy atom. The standard InChI is InChI=1S/C14H18FNO3S.C12H21NO5S.2C8H11NO6S.C8H11NO5S/c1-10(15)12-8-16(7-11-5-3-2-4-6-11)9-13-14(12)19-20(17)18-13;1-5-8-6-13(11(14)16-12(2,3)4)7-9-10(8)18-19(15)17-9;2*1-16(12)14-6-4-3-13-8(11)9(4)2-5(10)7(6)15-16;10-6-1-9-5(2-13-8(9)11)4-3-15(12)14-7(4)6/h2-6,10,12-14H,7-9H2,1H3;8-10H,5-7H2,1-4H3;2*4-7,10H,1-3H2;4-7,10H,1-3H2/t10?,12-,13-,14-,20?;8-,9+,10+,19?;4-,5+,6+,7-,16?;4-,5+,6-,7-,16?;4-,5+,6-,7-,15?/m10110/s1. The number of cyclic esters (lactones) is 3. The van der Waals surface area contributed by atoms with Crippen LogP contribution in [0.4, 0.5) is 23.6 Å². The van der Waals surface area contributed by atoms with Gasteiger partial charge in [0.15, 0.2) is 31.2 Å². The Bertz CT molecular complexity index is 2890. The third-order valence-corrected chi connectivity index (χ3v) is 21.1. The minimum absolute atomic E-state index is 0.0685. The third-order valence-electron chi connectivity index (χ3n) is 16.4. The summed E-state index contributed by atoms with van der Waals surface area (Å²) >= 11 is -4.76. The maximum Gasteiger partial charge on any atom is 0.410 e. The van der Waals surface area contributed by atoms with Gasteiger partial charge in [0.1, 0.15) is 98.7 Å². The molecule has 13 aliphatic rings. The van der Waals surface area contributed by atoms with E-state index in [2.05, 4.69) is 16.6 Å². The van der Waals surface area contributed by atoms with Crippen LogP contribution in [0.1, 0.15) is 46.6 Å². The highest BCUT2D eigenvalue weighted by Gasteiger charge is 2.58. The molecular formula is C50H72FN5O25S5. The second kappa shape index (κ2) is 26.2. The number of fused-ring (bicyclic) bond motifs is 11. The number of benzene rings is 1. The lowest BCUT2D eigenvalue weighted by Gasteiger charge is -2.38. The molecule has 3 N–H and O–H groups in total. The van der Waals surface area contributed by atoms with Crippen molar-refractivity contribution in [3.05, 3.63) is 35.9 Å². The molecule has 484 valence electrons. The summed E-state index contributed by atoms with van der Waals surface area (Å²) in [6, 6.07) is 9.24. The molecule has 0 aliphatic carbocycles. The first-order valence-corrected chi connectivity index (χ1v) is 34.2. The van der Waals surface area contributed by atoms with Gasteiger partial charge >= 0.3 is 47.1 Å². The van der Waals surface area contributed by atoms with Gasteiger partial charge in [-0.25, -0.2) is 36.2 Å². The Morgan fingerprint density at radius 2 is 1.14 bits per heavy atom. The van der Waals surface area contributed by atoms with Crippen molar-refractivity contribution in [3.8, 4) is 0 Å². The molecular weight excluding hydrogens is 1250 g/mol. The third kappa shape index (κ3) is 14.5. The number of likely N-dealkylation sites (tertiary alicyclic amines) is 2. The number of halogens is 1. The van der Waals surface area contributed by atoms with Crippen LogP contribution in [0.25, 0.3) is 0 Å². The molecule has 0 radical (unpaired) electrons. The zero-order valence-electron chi connectivity index (χ0n) is 47.4. The molecule has 0 spiro atoms. The van der Waals surface area contributed by atoms with Gasteiger partial charge in [-0.3, -0.25) is 57.2 Å².